The summed E-state index contributed by atoms with van der Waals surface area (Å²) in [5.74, 6) is 0.151. The Kier molecular flexibility index (Phi) is 5.69. The van der Waals surface area contributed by atoms with E-state index >= 15 is 0 Å². The largest absolute Gasteiger partial charge is 0.490 e. The number of hydrogen-bond acceptors (Lipinski definition) is 2. The van der Waals surface area contributed by atoms with Crippen LogP contribution < -0.4 is 10.1 Å². The molecule has 0 fully saturated rings. The van der Waals surface area contributed by atoms with E-state index in [-0.39, 0.29) is 5.91 Å². The molecule has 1 amide bonds. The van der Waals surface area contributed by atoms with Crippen molar-refractivity contribution in [3.05, 3.63) is 57.6 Å². The van der Waals surface area contributed by atoms with Crippen molar-refractivity contribution >= 4 is 34.8 Å². The average molecular weight is 338 g/mol. The van der Waals surface area contributed by atoms with E-state index in [2.05, 4.69) is 5.32 Å². The fraction of sp³-hybridized carbons (Fsp3) is 0.235. The summed E-state index contributed by atoms with van der Waals surface area (Å²) in [6, 6.07) is 10.7. The summed E-state index contributed by atoms with van der Waals surface area (Å²) in [6.45, 7) is 4.44. The van der Waals surface area contributed by atoms with Gasteiger partial charge in [-0.05, 0) is 37.1 Å². The van der Waals surface area contributed by atoms with Gasteiger partial charge in [-0.2, -0.15) is 0 Å². The molecule has 116 valence electrons. The normalized spacial score (nSPS) is 10.4. The summed E-state index contributed by atoms with van der Waals surface area (Å²) >= 11 is 12.3. The molecule has 0 unspecified atom stereocenters. The Morgan fingerprint density at radius 1 is 1.18 bits per heavy atom. The summed E-state index contributed by atoms with van der Waals surface area (Å²) in [5.41, 5.74) is 2.13. The number of para-hydroxylation sites is 1. The molecule has 0 aliphatic heterocycles. The van der Waals surface area contributed by atoms with Crippen LogP contribution in [0.3, 0.4) is 0 Å². The van der Waals surface area contributed by atoms with Gasteiger partial charge in [0, 0.05) is 11.3 Å². The van der Waals surface area contributed by atoms with Crippen molar-refractivity contribution in [2.45, 2.75) is 20.3 Å². The van der Waals surface area contributed by atoms with E-state index in [4.69, 9.17) is 27.9 Å². The highest BCUT2D eigenvalue weighted by atomic mass is 35.5. The first-order chi connectivity index (χ1) is 10.5. The van der Waals surface area contributed by atoms with Crippen molar-refractivity contribution in [2.24, 2.45) is 0 Å². The molecule has 0 aliphatic carbocycles. The fourth-order valence-electron chi connectivity index (χ4n) is 1.94. The number of nitrogens with one attached hydrogen (secondary N) is 1. The molecule has 5 heteroatoms. The zero-order valence-corrected chi connectivity index (χ0v) is 14.0. The van der Waals surface area contributed by atoms with Crippen molar-refractivity contribution in [3.8, 4) is 5.75 Å². The Labute approximate surface area is 140 Å². The molecule has 3 nitrogen and oxygen atoms in total. The molecule has 22 heavy (non-hydrogen) atoms. The predicted molar refractivity (Wildman–Crippen MR) is 91.4 cm³/mol. The quantitative estimate of drug-likeness (QED) is 0.799. The van der Waals surface area contributed by atoms with Crippen molar-refractivity contribution in [1.29, 1.82) is 0 Å². The van der Waals surface area contributed by atoms with E-state index in [1.54, 1.807) is 12.1 Å². The van der Waals surface area contributed by atoms with Crippen molar-refractivity contribution in [2.75, 3.05) is 11.9 Å². The Bertz CT molecular complexity index is 663. The summed E-state index contributed by atoms with van der Waals surface area (Å²) in [7, 11) is 0. The van der Waals surface area contributed by atoms with Gasteiger partial charge in [0.05, 0.1) is 16.7 Å². The van der Waals surface area contributed by atoms with Crippen LogP contribution in [-0.2, 0) is 0 Å². The van der Waals surface area contributed by atoms with Crippen molar-refractivity contribution in [3.63, 3.8) is 0 Å². The molecule has 0 spiro atoms. The van der Waals surface area contributed by atoms with E-state index in [0.717, 1.165) is 17.7 Å². The zero-order chi connectivity index (χ0) is 16.1. The number of amides is 1. The van der Waals surface area contributed by atoms with Crippen LogP contribution in [0.25, 0.3) is 0 Å². The maximum absolute atomic E-state index is 12.3. The standard InChI is InChI=1S/C17H17Cl2NO2/c1-3-8-22-16-13(18)9-12(10-14(16)19)17(21)20-15-7-5-4-6-11(15)2/h4-7,9-10H,3,8H2,1-2H3,(H,20,21). The molecule has 1 N–H and O–H groups in total. The summed E-state index contributed by atoms with van der Waals surface area (Å²) in [5, 5.41) is 3.51. The van der Waals surface area contributed by atoms with Gasteiger partial charge in [0.1, 0.15) is 0 Å². The second-order valence-corrected chi connectivity index (χ2v) is 5.70. The summed E-state index contributed by atoms with van der Waals surface area (Å²) < 4.78 is 5.49. The van der Waals surface area contributed by atoms with Crippen LogP contribution in [0.2, 0.25) is 10.0 Å². The van der Waals surface area contributed by atoms with E-state index < -0.39 is 0 Å². The van der Waals surface area contributed by atoms with Gasteiger partial charge < -0.3 is 10.1 Å². The molecule has 0 heterocycles. The molecule has 0 aliphatic rings. The molecule has 0 atom stereocenters. The number of halogens is 2. The number of rotatable bonds is 5. The molecule has 2 aromatic rings. The number of hydrogen-bond donors (Lipinski definition) is 1. The van der Waals surface area contributed by atoms with Crippen LogP contribution in [-0.4, -0.2) is 12.5 Å². The van der Waals surface area contributed by atoms with Gasteiger partial charge >= 0.3 is 0 Å². The van der Waals surface area contributed by atoms with Crippen LogP contribution in [0, 0.1) is 6.92 Å². The second-order valence-electron chi connectivity index (χ2n) is 4.89. The van der Waals surface area contributed by atoms with Gasteiger partial charge in [-0.1, -0.05) is 48.3 Å². The molecule has 0 bridgehead atoms. The molecule has 2 aromatic carbocycles. The number of anilines is 1. The lowest BCUT2D eigenvalue weighted by Gasteiger charge is -2.12. The van der Waals surface area contributed by atoms with Crippen molar-refractivity contribution in [1.82, 2.24) is 0 Å². The van der Waals surface area contributed by atoms with Crippen LogP contribution in [0.15, 0.2) is 36.4 Å². The van der Waals surface area contributed by atoms with Crippen LogP contribution in [0.5, 0.6) is 5.75 Å². The number of benzene rings is 2. The molecule has 2 rings (SSSR count). The summed E-state index contributed by atoms with van der Waals surface area (Å²) in [6.07, 6.45) is 0.849. The van der Waals surface area contributed by atoms with E-state index in [0.29, 0.717) is 28.0 Å². The van der Waals surface area contributed by atoms with Gasteiger partial charge in [-0.15, -0.1) is 0 Å². The molecule has 0 saturated carbocycles. The molecular formula is C17H17Cl2NO2. The molecular weight excluding hydrogens is 321 g/mol. The third-order valence-electron chi connectivity index (χ3n) is 3.10. The smallest absolute Gasteiger partial charge is 0.255 e. The van der Waals surface area contributed by atoms with Crippen LogP contribution in [0.1, 0.15) is 29.3 Å². The van der Waals surface area contributed by atoms with Gasteiger partial charge in [0.15, 0.2) is 5.75 Å². The molecule has 0 saturated heterocycles. The number of aryl methyl sites for hydroxylation is 1. The lowest BCUT2D eigenvalue weighted by molar-refractivity contribution is 0.102. The van der Waals surface area contributed by atoms with E-state index in [1.807, 2.05) is 38.1 Å². The zero-order valence-electron chi connectivity index (χ0n) is 12.5. The number of carbonyl (C=O) groups excluding carboxylic acids is 1. The second kappa shape index (κ2) is 7.52. The van der Waals surface area contributed by atoms with Gasteiger partial charge in [0.25, 0.3) is 5.91 Å². The fourth-order valence-corrected chi connectivity index (χ4v) is 2.54. The minimum absolute atomic E-state index is 0.264. The van der Waals surface area contributed by atoms with Crippen LogP contribution >= 0.6 is 23.2 Å². The third kappa shape index (κ3) is 3.93. The van der Waals surface area contributed by atoms with E-state index in [9.17, 15) is 4.79 Å². The van der Waals surface area contributed by atoms with E-state index in [1.165, 1.54) is 0 Å². The average Bonchev–Trinajstić information content (AvgIpc) is 2.48. The first kappa shape index (κ1) is 16.7. The monoisotopic (exact) mass is 337 g/mol. The van der Waals surface area contributed by atoms with Gasteiger partial charge in [0.2, 0.25) is 0 Å². The lowest BCUT2D eigenvalue weighted by atomic mass is 10.1. The minimum Gasteiger partial charge on any atom is -0.490 e. The third-order valence-corrected chi connectivity index (χ3v) is 3.67. The Hall–Kier alpha value is -1.71. The maximum atomic E-state index is 12.3. The predicted octanol–water partition coefficient (Wildman–Crippen LogP) is 5.34. The highest BCUT2D eigenvalue weighted by molar-refractivity contribution is 6.37. The number of ether oxygens (including phenoxy) is 1. The molecule has 0 radical (unpaired) electrons. The first-order valence-electron chi connectivity index (χ1n) is 7.01. The van der Waals surface area contributed by atoms with Gasteiger partial charge in [-0.25, -0.2) is 0 Å². The Morgan fingerprint density at radius 2 is 1.82 bits per heavy atom. The van der Waals surface area contributed by atoms with Gasteiger partial charge in [-0.3, -0.25) is 4.79 Å². The number of carbonyl (C=O) groups is 1. The maximum Gasteiger partial charge on any atom is 0.255 e. The first-order valence-corrected chi connectivity index (χ1v) is 7.77. The minimum atomic E-state index is -0.264. The molecule has 0 aromatic heterocycles. The lowest BCUT2D eigenvalue weighted by Crippen LogP contribution is -2.13. The Balaban J connectivity index is 2.22. The Morgan fingerprint density at radius 3 is 2.41 bits per heavy atom. The highest BCUT2D eigenvalue weighted by Gasteiger charge is 2.14. The van der Waals surface area contributed by atoms with Crippen LogP contribution in [0.4, 0.5) is 5.69 Å². The SMILES string of the molecule is CCCOc1c(Cl)cc(C(=O)Nc2ccccc2C)cc1Cl. The topological polar surface area (TPSA) is 38.3 Å². The summed E-state index contributed by atoms with van der Waals surface area (Å²) in [4.78, 5) is 12.3. The highest BCUT2D eigenvalue weighted by Crippen LogP contribution is 2.34. The van der Waals surface area contributed by atoms with Crippen molar-refractivity contribution < 1.29 is 9.53 Å².